The lowest BCUT2D eigenvalue weighted by Gasteiger charge is -2.19. The van der Waals surface area contributed by atoms with E-state index < -0.39 is 11.5 Å². The zero-order valence-electron chi connectivity index (χ0n) is 6.38. The fourth-order valence-corrected chi connectivity index (χ4v) is 0.863. The van der Waals surface area contributed by atoms with Crippen LogP contribution in [0.5, 0.6) is 17.2 Å². The van der Waals surface area contributed by atoms with Crippen LogP contribution in [0.25, 0.3) is 0 Å². The maximum atomic E-state index is 10.8. The van der Waals surface area contributed by atoms with Gasteiger partial charge in [0.1, 0.15) is 5.75 Å². The highest BCUT2D eigenvalue weighted by Gasteiger charge is 1.94. The highest BCUT2D eigenvalue weighted by molar-refractivity contribution is 5.46. The van der Waals surface area contributed by atoms with Crippen LogP contribution >= 0.6 is 0 Å². The lowest BCUT2D eigenvalue weighted by Crippen LogP contribution is -2.00. The van der Waals surface area contributed by atoms with E-state index in [4.69, 9.17) is 4.74 Å². The molecule has 0 amide bonds. The molecule has 1 aromatic carbocycles. The van der Waals surface area contributed by atoms with Crippen molar-refractivity contribution < 1.29 is 14.9 Å². The van der Waals surface area contributed by atoms with Gasteiger partial charge in [0, 0.05) is 0 Å². The number of hydrogen-bond acceptors (Lipinski definition) is 3. The first-order chi connectivity index (χ1) is 5.15. The van der Waals surface area contributed by atoms with E-state index in [0.29, 0.717) is 11.3 Å². The number of rotatable bonds is 1. The van der Waals surface area contributed by atoms with Gasteiger partial charge in [-0.15, -0.1) is 11.5 Å². The Morgan fingerprint density at radius 2 is 1.73 bits per heavy atom. The number of methoxy groups -OCH3 is 1. The SMILES string of the molecule is COc1cc([O-])c([O-])cc1C. The molecule has 0 aliphatic heterocycles. The Morgan fingerprint density at radius 1 is 1.18 bits per heavy atom. The summed E-state index contributed by atoms with van der Waals surface area (Å²) in [5.41, 5.74) is 0.692. The minimum absolute atomic E-state index is 0.467. The maximum Gasteiger partial charge on any atom is 0.121 e. The molecule has 0 fully saturated rings. The fraction of sp³-hybridized carbons (Fsp3) is 0.250. The van der Waals surface area contributed by atoms with E-state index in [0.717, 1.165) is 0 Å². The topological polar surface area (TPSA) is 55.3 Å². The van der Waals surface area contributed by atoms with Gasteiger partial charge in [-0.2, -0.15) is 0 Å². The smallest absolute Gasteiger partial charge is 0.121 e. The molecule has 0 aromatic heterocycles. The molecule has 0 bridgehead atoms. The standard InChI is InChI=1S/C8H10O3/c1-5-3-6(9)7(10)4-8(5)11-2/h3-4,9-10H,1-2H3/p-2. The highest BCUT2D eigenvalue weighted by atomic mass is 16.5. The van der Waals surface area contributed by atoms with E-state index in [1.807, 2.05) is 0 Å². The molecule has 1 aromatic rings. The van der Waals surface area contributed by atoms with Gasteiger partial charge in [0.25, 0.3) is 0 Å². The summed E-state index contributed by atoms with van der Waals surface area (Å²) >= 11 is 0. The van der Waals surface area contributed by atoms with Gasteiger partial charge < -0.3 is 14.9 Å². The molecule has 0 spiro atoms. The quantitative estimate of drug-likeness (QED) is 0.575. The lowest BCUT2D eigenvalue weighted by atomic mass is 10.2. The van der Waals surface area contributed by atoms with Crippen molar-refractivity contribution in [3.05, 3.63) is 17.7 Å². The van der Waals surface area contributed by atoms with Crippen molar-refractivity contribution in [1.82, 2.24) is 0 Å². The van der Waals surface area contributed by atoms with Crippen LogP contribution in [-0.4, -0.2) is 7.11 Å². The molecular formula is C8H8O3-2. The molecule has 3 nitrogen and oxygen atoms in total. The molecule has 0 unspecified atom stereocenters. The Labute approximate surface area is 64.9 Å². The zero-order valence-corrected chi connectivity index (χ0v) is 6.38. The van der Waals surface area contributed by atoms with Crippen molar-refractivity contribution in [2.45, 2.75) is 6.92 Å². The summed E-state index contributed by atoms with van der Waals surface area (Å²) in [6.45, 7) is 1.72. The van der Waals surface area contributed by atoms with Gasteiger partial charge in [-0.25, -0.2) is 0 Å². The van der Waals surface area contributed by atoms with Crippen molar-refractivity contribution >= 4 is 0 Å². The van der Waals surface area contributed by atoms with E-state index in [-0.39, 0.29) is 0 Å². The summed E-state index contributed by atoms with van der Waals surface area (Å²) < 4.78 is 4.84. The second kappa shape index (κ2) is 2.70. The summed E-state index contributed by atoms with van der Waals surface area (Å²) in [6, 6.07) is 2.48. The molecule has 60 valence electrons. The second-order valence-electron chi connectivity index (χ2n) is 2.27. The fourth-order valence-electron chi connectivity index (χ4n) is 0.863. The van der Waals surface area contributed by atoms with Crippen LogP contribution in [0.1, 0.15) is 5.56 Å². The molecule has 1 rings (SSSR count). The van der Waals surface area contributed by atoms with Gasteiger partial charge in [-0.1, -0.05) is 6.07 Å². The van der Waals surface area contributed by atoms with E-state index in [1.165, 1.54) is 19.2 Å². The Hall–Kier alpha value is -1.38. The lowest BCUT2D eigenvalue weighted by molar-refractivity contribution is -0.317. The molecule has 0 aliphatic carbocycles. The van der Waals surface area contributed by atoms with Gasteiger partial charge in [-0.05, 0) is 18.6 Å². The van der Waals surface area contributed by atoms with Gasteiger partial charge >= 0.3 is 0 Å². The van der Waals surface area contributed by atoms with Crippen LogP contribution in [0.3, 0.4) is 0 Å². The minimum atomic E-state index is -0.521. The summed E-state index contributed by atoms with van der Waals surface area (Å²) in [5.74, 6) is -0.537. The molecule has 0 atom stereocenters. The summed E-state index contributed by atoms with van der Waals surface area (Å²) in [4.78, 5) is 0. The Kier molecular flexibility index (Phi) is 1.89. The molecule has 0 saturated carbocycles. The first-order valence-corrected chi connectivity index (χ1v) is 3.18. The normalized spacial score (nSPS) is 9.64. The molecule has 0 saturated heterocycles. The van der Waals surface area contributed by atoms with Crippen LogP contribution in [0.4, 0.5) is 0 Å². The number of hydrogen-bond donors (Lipinski definition) is 0. The summed E-state index contributed by atoms with van der Waals surface area (Å²) in [7, 11) is 1.46. The van der Waals surface area contributed by atoms with Gasteiger partial charge in [0.05, 0.1) is 7.11 Å². The summed E-state index contributed by atoms with van der Waals surface area (Å²) in [6.07, 6.45) is 0. The monoisotopic (exact) mass is 152 g/mol. The predicted molar refractivity (Wildman–Crippen MR) is 36.6 cm³/mol. The Morgan fingerprint density at radius 3 is 2.27 bits per heavy atom. The predicted octanol–water partition coefficient (Wildman–Crippen LogP) is 0.151. The molecule has 3 heteroatoms. The highest BCUT2D eigenvalue weighted by Crippen LogP contribution is 2.27. The van der Waals surface area contributed by atoms with Crippen LogP contribution in [-0.2, 0) is 0 Å². The average Bonchev–Trinajstić information content (AvgIpc) is 1.97. The largest absolute Gasteiger partial charge is 0.873 e. The maximum absolute atomic E-state index is 10.8. The first-order valence-electron chi connectivity index (χ1n) is 3.18. The minimum Gasteiger partial charge on any atom is -0.873 e. The molecule has 0 radical (unpaired) electrons. The third-order valence-electron chi connectivity index (χ3n) is 1.46. The van der Waals surface area contributed by atoms with Crippen LogP contribution in [0.15, 0.2) is 12.1 Å². The third-order valence-corrected chi connectivity index (χ3v) is 1.46. The summed E-state index contributed by atoms with van der Waals surface area (Å²) in [5, 5.41) is 21.5. The van der Waals surface area contributed by atoms with Crippen molar-refractivity contribution in [1.29, 1.82) is 0 Å². The van der Waals surface area contributed by atoms with Crippen molar-refractivity contribution in [2.24, 2.45) is 0 Å². The number of ether oxygens (including phenoxy) is 1. The Balaban J connectivity index is 3.21. The van der Waals surface area contributed by atoms with Crippen LogP contribution in [0.2, 0.25) is 0 Å². The zero-order chi connectivity index (χ0) is 8.43. The first kappa shape index (κ1) is 7.72. The average molecular weight is 152 g/mol. The third kappa shape index (κ3) is 1.37. The molecular weight excluding hydrogens is 144 g/mol. The Bertz CT molecular complexity index is 268. The van der Waals surface area contributed by atoms with Gasteiger partial charge in [0.2, 0.25) is 0 Å². The molecule has 11 heavy (non-hydrogen) atoms. The molecule has 0 heterocycles. The van der Waals surface area contributed by atoms with Gasteiger partial charge in [-0.3, -0.25) is 0 Å². The molecule has 0 N–H and O–H groups in total. The number of benzene rings is 1. The molecule has 0 aliphatic rings. The van der Waals surface area contributed by atoms with Crippen molar-refractivity contribution in [3.8, 4) is 17.2 Å². The van der Waals surface area contributed by atoms with E-state index in [9.17, 15) is 10.2 Å². The van der Waals surface area contributed by atoms with Crippen LogP contribution < -0.4 is 14.9 Å². The second-order valence-corrected chi connectivity index (χ2v) is 2.27. The van der Waals surface area contributed by atoms with E-state index in [1.54, 1.807) is 6.92 Å². The van der Waals surface area contributed by atoms with Gasteiger partial charge in [0.15, 0.2) is 0 Å². The van der Waals surface area contributed by atoms with Crippen molar-refractivity contribution in [3.63, 3.8) is 0 Å². The van der Waals surface area contributed by atoms with E-state index >= 15 is 0 Å². The number of aryl methyl sites for hydroxylation is 1. The van der Waals surface area contributed by atoms with Crippen molar-refractivity contribution in [2.75, 3.05) is 7.11 Å². The van der Waals surface area contributed by atoms with E-state index in [2.05, 4.69) is 0 Å². The van der Waals surface area contributed by atoms with Crippen LogP contribution in [0, 0.1) is 6.92 Å².